The summed E-state index contributed by atoms with van der Waals surface area (Å²) < 4.78 is 0. The number of hydrogen-bond acceptors (Lipinski definition) is 4. The van der Waals surface area contributed by atoms with Crippen molar-refractivity contribution in [1.29, 1.82) is 0 Å². The molecule has 1 aliphatic heterocycles. The molecule has 1 fully saturated rings. The van der Waals surface area contributed by atoms with Crippen molar-refractivity contribution < 1.29 is 9.90 Å². The second kappa shape index (κ2) is 7.18. The van der Waals surface area contributed by atoms with E-state index in [9.17, 15) is 4.79 Å². The number of nitrogens with zero attached hydrogens (tertiary/aromatic N) is 2. The minimum Gasteiger partial charge on any atom is -0.481 e. The lowest BCUT2D eigenvalue weighted by atomic mass is 10.0. The van der Waals surface area contributed by atoms with Gasteiger partial charge in [-0.25, -0.2) is 4.98 Å². The van der Waals surface area contributed by atoms with Crippen LogP contribution in [-0.2, 0) is 24.1 Å². The van der Waals surface area contributed by atoms with Gasteiger partial charge in [-0.3, -0.25) is 4.79 Å². The van der Waals surface area contributed by atoms with E-state index in [2.05, 4.69) is 16.8 Å². The predicted octanol–water partition coefficient (Wildman–Crippen LogP) is 2.61. The summed E-state index contributed by atoms with van der Waals surface area (Å²) >= 11 is 1.58. The third kappa shape index (κ3) is 4.28. The van der Waals surface area contributed by atoms with Crippen LogP contribution < -0.4 is 0 Å². The molecule has 0 saturated carbocycles. The second-order valence-corrected chi connectivity index (χ2v) is 6.87. The molecular weight excluding hydrogens is 272 g/mol. The first-order chi connectivity index (χ1) is 9.58. The highest BCUT2D eigenvalue weighted by molar-refractivity contribution is 7.11. The van der Waals surface area contributed by atoms with Crippen molar-refractivity contribution in [2.24, 2.45) is 5.92 Å². The van der Waals surface area contributed by atoms with Gasteiger partial charge in [-0.1, -0.05) is 13.8 Å². The smallest absolute Gasteiger partial charge is 0.308 e. The fourth-order valence-electron chi connectivity index (χ4n) is 2.84. The Bertz CT molecular complexity index is 459. The lowest BCUT2D eigenvalue weighted by Gasteiger charge is -2.30. The summed E-state index contributed by atoms with van der Waals surface area (Å²) in [7, 11) is 0. The predicted molar refractivity (Wildman–Crippen MR) is 81.4 cm³/mol. The van der Waals surface area contributed by atoms with Crippen molar-refractivity contribution in [3.63, 3.8) is 0 Å². The zero-order valence-electron chi connectivity index (χ0n) is 12.4. The number of piperidine rings is 1. The Morgan fingerprint density at radius 2 is 2.35 bits per heavy atom. The fourth-order valence-corrected chi connectivity index (χ4v) is 3.98. The second-order valence-electron chi connectivity index (χ2n) is 5.70. The number of thiazole rings is 1. The van der Waals surface area contributed by atoms with Crippen LogP contribution in [0.2, 0.25) is 0 Å². The monoisotopic (exact) mass is 296 g/mol. The van der Waals surface area contributed by atoms with Crippen molar-refractivity contribution in [2.45, 2.75) is 46.0 Å². The van der Waals surface area contributed by atoms with Crippen LogP contribution in [0, 0.1) is 5.92 Å². The van der Waals surface area contributed by atoms with Gasteiger partial charge in [0.25, 0.3) is 0 Å². The molecule has 1 aromatic rings. The van der Waals surface area contributed by atoms with Crippen molar-refractivity contribution >= 4 is 17.3 Å². The zero-order chi connectivity index (χ0) is 14.5. The molecular formula is C15H24N2O2S. The van der Waals surface area contributed by atoms with Crippen LogP contribution in [0.1, 0.15) is 42.3 Å². The van der Waals surface area contributed by atoms with E-state index in [4.69, 9.17) is 5.11 Å². The third-order valence-electron chi connectivity index (χ3n) is 3.85. The summed E-state index contributed by atoms with van der Waals surface area (Å²) in [5.41, 5.74) is 0.972. The Kier molecular flexibility index (Phi) is 5.54. The van der Waals surface area contributed by atoms with Gasteiger partial charge in [0.05, 0.1) is 17.1 Å². The first-order valence-corrected chi connectivity index (χ1v) is 8.31. The lowest BCUT2D eigenvalue weighted by molar-refractivity contribution is -0.136. The Morgan fingerprint density at radius 3 is 3.00 bits per heavy atom. The fraction of sp³-hybridized carbons (Fsp3) is 0.733. The van der Waals surface area contributed by atoms with Crippen molar-refractivity contribution in [2.75, 3.05) is 19.6 Å². The molecule has 0 aliphatic carbocycles. The summed E-state index contributed by atoms with van der Waals surface area (Å²) in [6.07, 6.45) is 4.52. The Labute approximate surface area is 124 Å². The largest absolute Gasteiger partial charge is 0.481 e. The van der Waals surface area contributed by atoms with Crippen LogP contribution >= 0.6 is 11.3 Å². The lowest BCUT2D eigenvalue weighted by Crippen LogP contribution is -2.35. The number of aliphatic carboxylic acids is 1. The maximum absolute atomic E-state index is 10.9. The summed E-state index contributed by atoms with van der Waals surface area (Å²) in [6, 6.07) is 0. The molecule has 0 bridgehead atoms. The average molecular weight is 296 g/mol. The Morgan fingerprint density at radius 1 is 1.55 bits per heavy atom. The first-order valence-electron chi connectivity index (χ1n) is 7.50. The van der Waals surface area contributed by atoms with Crippen LogP contribution in [0.25, 0.3) is 0 Å². The number of hydrogen-bond donors (Lipinski definition) is 1. The van der Waals surface area contributed by atoms with Crippen LogP contribution in [-0.4, -0.2) is 40.6 Å². The summed E-state index contributed by atoms with van der Waals surface area (Å²) in [4.78, 5) is 18.9. The van der Waals surface area contributed by atoms with Crippen LogP contribution in [0.5, 0.6) is 0 Å². The molecule has 2 heterocycles. The van der Waals surface area contributed by atoms with Crippen molar-refractivity contribution in [3.8, 4) is 0 Å². The van der Waals surface area contributed by atoms with Gasteiger partial charge >= 0.3 is 5.97 Å². The molecule has 5 heteroatoms. The van der Waals surface area contributed by atoms with Crippen molar-refractivity contribution in [1.82, 2.24) is 9.88 Å². The third-order valence-corrected chi connectivity index (χ3v) is 5.01. The topological polar surface area (TPSA) is 53.4 Å². The Balaban J connectivity index is 1.92. The van der Waals surface area contributed by atoms with E-state index < -0.39 is 5.97 Å². The standard InChI is InChI=1S/C15H24N2O2S/c1-3-12-13(9-15(18)19)20-14(16-12)6-8-17-7-4-5-11(2)10-17/h11H,3-10H2,1-2H3,(H,18,19). The number of carboxylic acid groups (broad SMARTS) is 1. The molecule has 1 aromatic heterocycles. The SMILES string of the molecule is CCc1nc(CCN2CCCC(C)C2)sc1CC(=O)O. The van der Waals surface area contributed by atoms with E-state index in [0.29, 0.717) is 0 Å². The molecule has 0 spiro atoms. The summed E-state index contributed by atoms with van der Waals surface area (Å²) in [5.74, 6) is 0.0357. The minimum atomic E-state index is -0.764. The van der Waals surface area contributed by atoms with Gasteiger partial charge in [-0.2, -0.15) is 0 Å². The van der Waals surface area contributed by atoms with E-state index in [1.54, 1.807) is 11.3 Å². The number of rotatable bonds is 6. The molecule has 1 N–H and O–H groups in total. The maximum Gasteiger partial charge on any atom is 0.308 e. The zero-order valence-corrected chi connectivity index (χ0v) is 13.2. The van der Waals surface area contributed by atoms with E-state index in [1.165, 1.54) is 25.9 Å². The van der Waals surface area contributed by atoms with E-state index >= 15 is 0 Å². The minimum absolute atomic E-state index is 0.113. The summed E-state index contributed by atoms with van der Waals surface area (Å²) in [6.45, 7) is 7.78. The molecule has 1 saturated heterocycles. The highest BCUT2D eigenvalue weighted by Crippen LogP contribution is 2.22. The number of carbonyl (C=O) groups is 1. The van der Waals surface area contributed by atoms with Gasteiger partial charge in [0, 0.05) is 24.4 Å². The molecule has 112 valence electrons. The molecule has 20 heavy (non-hydrogen) atoms. The Hall–Kier alpha value is -0.940. The summed E-state index contributed by atoms with van der Waals surface area (Å²) in [5, 5.41) is 10.0. The van der Waals surface area contributed by atoms with Crippen molar-refractivity contribution in [3.05, 3.63) is 15.6 Å². The molecule has 1 atom stereocenters. The number of aryl methyl sites for hydroxylation is 1. The van der Waals surface area contributed by atoms with Gasteiger partial charge in [0.15, 0.2) is 0 Å². The van der Waals surface area contributed by atoms with Crippen LogP contribution in [0.15, 0.2) is 0 Å². The quantitative estimate of drug-likeness (QED) is 0.876. The van der Waals surface area contributed by atoms with E-state index in [0.717, 1.165) is 40.9 Å². The normalized spacial score (nSPS) is 20.2. The highest BCUT2D eigenvalue weighted by atomic mass is 32.1. The van der Waals surface area contributed by atoms with E-state index in [-0.39, 0.29) is 6.42 Å². The highest BCUT2D eigenvalue weighted by Gasteiger charge is 2.17. The molecule has 1 aliphatic rings. The molecule has 4 nitrogen and oxygen atoms in total. The average Bonchev–Trinajstić information content (AvgIpc) is 2.78. The van der Waals surface area contributed by atoms with Gasteiger partial charge < -0.3 is 10.0 Å². The van der Waals surface area contributed by atoms with E-state index in [1.807, 2.05) is 6.92 Å². The van der Waals surface area contributed by atoms with Crippen LogP contribution in [0.4, 0.5) is 0 Å². The molecule has 0 aromatic carbocycles. The molecule has 0 radical (unpaired) electrons. The number of likely N-dealkylation sites (tertiary alicyclic amines) is 1. The molecule has 2 rings (SSSR count). The maximum atomic E-state index is 10.9. The molecule has 1 unspecified atom stereocenters. The van der Waals surface area contributed by atoms with Gasteiger partial charge in [0.2, 0.25) is 0 Å². The first kappa shape index (κ1) is 15.4. The van der Waals surface area contributed by atoms with Gasteiger partial charge in [-0.05, 0) is 31.7 Å². The van der Waals surface area contributed by atoms with Gasteiger partial charge in [-0.15, -0.1) is 11.3 Å². The van der Waals surface area contributed by atoms with Gasteiger partial charge in [0.1, 0.15) is 0 Å². The molecule has 0 amide bonds. The number of aromatic nitrogens is 1. The van der Waals surface area contributed by atoms with Crippen LogP contribution in [0.3, 0.4) is 0 Å². The number of carboxylic acids is 1.